The number of ether oxygens (including phenoxy) is 1. The molecule has 2 unspecified atom stereocenters. The van der Waals surface area contributed by atoms with Gasteiger partial charge in [0, 0.05) is 19.5 Å². The molecule has 1 saturated heterocycles. The first-order chi connectivity index (χ1) is 9.54. The SMILES string of the molecule is CCCNC1COCC1C(=O)Cc1c(Br)c(C)nn1C. The fourth-order valence-corrected chi connectivity index (χ4v) is 3.05. The molecule has 112 valence electrons. The number of Topliss-reactive ketones (excluding diaryl/α,β-unsaturated/α-hetero) is 1. The monoisotopic (exact) mass is 343 g/mol. The zero-order valence-corrected chi connectivity index (χ0v) is 13.9. The maximum absolute atomic E-state index is 12.5. The number of aromatic nitrogens is 2. The highest BCUT2D eigenvalue weighted by Crippen LogP contribution is 2.23. The summed E-state index contributed by atoms with van der Waals surface area (Å²) in [5.74, 6) is 0.170. The van der Waals surface area contributed by atoms with Crippen molar-refractivity contribution in [2.24, 2.45) is 13.0 Å². The van der Waals surface area contributed by atoms with Gasteiger partial charge >= 0.3 is 0 Å². The molecule has 1 aromatic heterocycles. The topological polar surface area (TPSA) is 56.1 Å². The van der Waals surface area contributed by atoms with E-state index in [0.29, 0.717) is 19.6 Å². The van der Waals surface area contributed by atoms with Gasteiger partial charge in [0.05, 0.1) is 35.0 Å². The molecule has 0 aliphatic carbocycles. The van der Waals surface area contributed by atoms with Gasteiger partial charge in [-0.05, 0) is 35.8 Å². The van der Waals surface area contributed by atoms with E-state index in [0.717, 1.165) is 28.8 Å². The van der Waals surface area contributed by atoms with Crippen LogP contribution in [0, 0.1) is 12.8 Å². The summed E-state index contributed by atoms with van der Waals surface area (Å²) in [5.41, 5.74) is 1.85. The summed E-state index contributed by atoms with van der Waals surface area (Å²) in [7, 11) is 1.87. The predicted molar refractivity (Wildman–Crippen MR) is 80.7 cm³/mol. The average Bonchev–Trinajstić information content (AvgIpc) is 2.97. The summed E-state index contributed by atoms with van der Waals surface area (Å²) in [4.78, 5) is 12.5. The first-order valence-electron chi connectivity index (χ1n) is 7.06. The molecular formula is C14H22BrN3O2. The van der Waals surface area contributed by atoms with Gasteiger partial charge in [0.1, 0.15) is 5.78 Å². The van der Waals surface area contributed by atoms with E-state index in [-0.39, 0.29) is 17.7 Å². The molecule has 1 N–H and O–H groups in total. The van der Waals surface area contributed by atoms with E-state index < -0.39 is 0 Å². The number of halogens is 1. The highest BCUT2D eigenvalue weighted by molar-refractivity contribution is 9.10. The van der Waals surface area contributed by atoms with Gasteiger partial charge in [-0.3, -0.25) is 9.48 Å². The molecule has 2 rings (SSSR count). The Hall–Kier alpha value is -0.720. The van der Waals surface area contributed by atoms with E-state index in [1.807, 2.05) is 14.0 Å². The van der Waals surface area contributed by atoms with Crippen LogP contribution in [0.4, 0.5) is 0 Å². The lowest BCUT2D eigenvalue weighted by molar-refractivity contribution is -0.122. The standard InChI is InChI=1S/C14H22BrN3O2/c1-4-5-16-11-8-20-7-10(11)13(19)6-12-14(15)9(2)17-18(12)3/h10-11,16H,4-8H2,1-3H3. The van der Waals surface area contributed by atoms with Crippen LogP contribution in [0.1, 0.15) is 24.7 Å². The van der Waals surface area contributed by atoms with Gasteiger partial charge in [0.25, 0.3) is 0 Å². The van der Waals surface area contributed by atoms with Crippen LogP contribution in [0.25, 0.3) is 0 Å². The number of ketones is 1. The van der Waals surface area contributed by atoms with E-state index in [1.165, 1.54) is 0 Å². The van der Waals surface area contributed by atoms with Gasteiger partial charge in [0.2, 0.25) is 0 Å². The molecule has 6 heteroatoms. The highest BCUT2D eigenvalue weighted by Gasteiger charge is 2.34. The second-order valence-corrected chi connectivity index (χ2v) is 6.11. The molecule has 0 spiro atoms. The lowest BCUT2D eigenvalue weighted by atomic mass is 9.95. The summed E-state index contributed by atoms with van der Waals surface area (Å²) < 4.78 is 8.19. The Morgan fingerprint density at radius 2 is 2.30 bits per heavy atom. The van der Waals surface area contributed by atoms with Gasteiger partial charge in [0.15, 0.2) is 0 Å². The number of hydrogen-bond donors (Lipinski definition) is 1. The van der Waals surface area contributed by atoms with Gasteiger partial charge in [-0.25, -0.2) is 0 Å². The van der Waals surface area contributed by atoms with E-state index in [9.17, 15) is 4.79 Å². The molecule has 1 fully saturated rings. The summed E-state index contributed by atoms with van der Waals surface area (Å²) in [6.07, 6.45) is 1.46. The lowest BCUT2D eigenvalue weighted by Crippen LogP contribution is -2.40. The van der Waals surface area contributed by atoms with Crippen molar-refractivity contribution in [2.45, 2.75) is 32.7 Å². The van der Waals surface area contributed by atoms with Crippen molar-refractivity contribution in [3.05, 3.63) is 15.9 Å². The number of carbonyl (C=O) groups excluding carboxylic acids is 1. The van der Waals surface area contributed by atoms with Crippen LogP contribution in [-0.2, 0) is 23.0 Å². The quantitative estimate of drug-likeness (QED) is 0.852. The Labute approximate surface area is 128 Å². The van der Waals surface area contributed by atoms with Crippen molar-refractivity contribution in [1.82, 2.24) is 15.1 Å². The minimum atomic E-state index is -0.0522. The van der Waals surface area contributed by atoms with Crippen LogP contribution in [-0.4, -0.2) is 41.4 Å². The molecule has 2 atom stereocenters. The minimum Gasteiger partial charge on any atom is -0.379 e. The predicted octanol–water partition coefficient (Wildman–Crippen LogP) is 1.62. The van der Waals surface area contributed by atoms with Gasteiger partial charge in [-0.1, -0.05) is 6.92 Å². The zero-order chi connectivity index (χ0) is 14.7. The third-order valence-corrected chi connectivity index (χ3v) is 4.79. The number of rotatable bonds is 6. The Kier molecular flexibility index (Phi) is 5.35. The van der Waals surface area contributed by atoms with Crippen LogP contribution in [0.3, 0.4) is 0 Å². The molecule has 0 aromatic carbocycles. The Morgan fingerprint density at radius 1 is 1.55 bits per heavy atom. The molecule has 2 heterocycles. The average molecular weight is 344 g/mol. The largest absolute Gasteiger partial charge is 0.379 e. The molecule has 0 amide bonds. The number of nitrogens with zero attached hydrogens (tertiary/aromatic N) is 2. The van der Waals surface area contributed by atoms with E-state index >= 15 is 0 Å². The van der Waals surface area contributed by atoms with Crippen molar-refractivity contribution in [1.29, 1.82) is 0 Å². The van der Waals surface area contributed by atoms with Gasteiger partial charge in [-0.15, -0.1) is 0 Å². The number of aryl methyl sites for hydroxylation is 2. The van der Waals surface area contributed by atoms with E-state index in [2.05, 4.69) is 33.3 Å². The highest BCUT2D eigenvalue weighted by atomic mass is 79.9. The molecule has 5 nitrogen and oxygen atoms in total. The maximum Gasteiger partial charge on any atom is 0.145 e. The third kappa shape index (κ3) is 3.30. The van der Waals surface area contributed by atoms with Crippen LogP contribution >= 0.6 is 15.9 Å². The number of nitrogens with one attached hydrogen (secondary N) is 1. The first-order valence-corrected chi connectivity index (χ1v) is 7.85. The van der Waals surface area contributed by atoms with E-state index in [4.69, 9.17) is 4.74 Å². The molecule has 1 aliphatic rings. The number of carbonyl (C=O) groups is 1. The Bertz CT molecular complexity index is 487. The smallest absolute Gasteiger partial charge is 0.145 e. The molecule has 0 radical (unpaired) electrons. The van der Waals surface area contributed by atoms with Crippen molar-refractivity contribution < 1.29 is 9.53 Å². The molecule has 1 aliphatic heterocycles. The summed E-state index contributed by atoms with van der Waals surface area (Å²) in [6.45, 7) is 6.13. The fourth-order valence-electron chi connectivity index (χ4n) is 2.57. The van der Waals surface area contributed by atoms with Crippen LogP contribution in [0.15, 0.2) is 4.47 Å². The summed E-state index contributed by atoms with van der Waals surface area (Å²) in [5, 5.41) is 7.73. The van der Waals surface area contributed by atoms with Crippen molar-refractivity contribution in [3.63, 3.8) is 0 Å². The Balaban J connectivity index is 2.04. The van der Waals surface area contributed by atoms with Gasteiger partial charge < -0.3 is 10.1 Å². The van der Waals surface area contributed by atoms with Crippen LogP contribution < -0.4 is 5.32 Å². The van der Waals surface area contributed by atoms with Crippen LogP contribution in [0.5, 0.6) is 0 Å². The van der Waals surface area contributed by atoms with Gasteiger partial charge in [-0.2, -0.15) is 5.10 Å². The number of hydrogen-bond acceptors (Lipinski definition) is 4. The maximum atomic E-state index is 12.5. The fraction of sp³-hybridized carbons (Fsp3) is 0.714. The van der Waals surface area contributed by atoms with Crippen LogP contribution in [0.2, 0.25) is 0 Å². The Morgan fingerprint density at radius 3 is 2.90 bits per heavy atom. The molecule has 0 bridgehead atoms. The summed E-state index contributed by atoms with van der Waals surface area (Å²) in [6, 6.07) is 0.149. The molecule has 1 aromatic rings. The normalized spacial score (nSPS) is 22.4. The second kappa shape index (κ2) is 6.83. The lowest BCUT2D eigenvalue weighted by Gasteiger charge is -2.17. The molecule has 20 heavy (non-hydrogen) atoms. The summed E-state index contributed by atoms with van der Waals surface area (Å²) >= 11 is 3.51. The third-order valence-electron chi connectivity index (χ3n) is 3.75. The molecule has 0 saturated carbocycles. The zero-order valence-electron chi connectivity index (χ0n) is 12.3. The van der Waals surface area contributed by atoms with Crippen molar-refractivity contribution >= 4 is 21.7 Å². The minimum absolute atomic E-state index is 0.0522. The van der Waals surface area contributed by atoms with E-state index in [1.54, 1.807) is 4.68 Å². The first kappa shape index (κ1) is 15.7. The second-order valence-electron chi connectivity index (χ2n) is 5.32. The molecular weight excluding hydrogens is 322 g/mol. The van der Waals surface area contributed by atoms with Crippen molar-refractivity contribution in [2.75, 3.05) is 19.8 Å². The van der Waals surface area contributed by atoms with Crippen molar-refractivity contribution in [3.8, 4) is 0 Å².